The average Bonchev–Trinajstić information content (AvgIpc) is 2.48. The Morgan fingerprint density at radius 1 is 1.67 bits per heavy atom. The summed E-state index contributed by atoms with van der Waals surface area (Å²) in [4.78, 5) is 2.25. The van der Waals surface area contributed by atoms with Crippen molar-refractivity contribution in [3.63, 3.8) is 0 Å². The molecule has 70 valence electrons. The molecule has 12 heavy (non-hydrogen) atoms. The van der Waals surface area contributed by atoms with E-state index in [4.69, 9.17) is 16.2 Å². The van der Waals surface area contributed by atoms with Crippen molar-refractivity contribution >= 4 is 5.84 Å². The number of nitrogens with one attached hydrogen (secondary N) is 1. The Hall–Kier alpha value is -0.610. The average molecular weight is 171 g/mol. The van der Waals surface area contributed by atoms with Gasteiger partial charge in [-0.25, -0.2) is 0 Å². The summed E-state index contributed by atoms with van der Waals surface area (Å²) in [6.45, 7) is 3.16. The van der Waals surface area contributed by atoms with Crippen LogP contribution in [-0.2, 0) is 0 Å². The molecule has 1 rings (SSSR count). The van der Waals surface area contributed by atoms with E-state index in [1.165, 1.54) is 0 Å². The van der Waals surface area contributed by atoms with Gasteiger partial charge in [0.2, 0.25) is 0 Å². The molecule has 1 atom stereocenters. The highest BCUT2D eigenvalue weighted by Crippen LogP contribution is 2.14. The summed E-state index contributed by atoms with van der Waals surface area (Å²) in [5, 5.41) is 15.9. The molecule has 0 amide bonds. The molecule has 0 bridgehead atoms. The van der Waals surface area contributed by atoms with Crippen molar-refractivity contribution in [3.8, 4) is 0 Å². The van der Waals surface area contributed by atoms with E-state index in [1.807, 2.05) is 0 Å². The van der Waals surface area contributed by atoms with E-state index in [-0.39, 0.29) is 12.4 Å². The molecular weight excluding hydrogens is 154 g/mol. The highest BCUT2D eigenvalue weighted by molar-refractivity contribution is 5.76. The highest BCUT2D eigenvalue weighted by atomic mass is 16.3. The van der Waals surface area contributed by atoms with E-state index in [0.717, 1.165) is 26.1 Å². The molecular formula is C8H17N3O. The lowest BCUT2D eigenvalue weighted by molar-refractivity contribution is 0.223. The van der Waals surface area contributed by atoms with E-state index < -0.39 is 0 Å². The van der Waals surface area contributed by atoms with Crippen LogP contribution in [0.5, 0.6) is 0 Å². The monoisotopic (exact) mass is 171 g/mol. The van der Waals surface area contributed by atoms with Crippen molar-refractivity contribution < 1.29 is 5.11 Å². The van der Waals surface area contributed by atoms with Gasteiger partial charge in [0.05, 0.1) is 5.84 Å². The van der Waals surface area contributed by atoms with Crippen molar-refractivity contribution in [2.24, 2.45) is 11.7 Å². The zero-order chi connectivity index (χ0) is 8.97. The first-order chi connectivity index (χ1) is 5.72. The van der Waals surface area contributed by atoms with Gasteiger partial charge in [-0.2, -0.15) is 0 Å². The summed E-state index contributed by atoms with van der Waals surface area (Å²) < 4.78 is 0. The third-order valence-corrected chi connectivity index (χ3v) is 2.33. The third kappa shape index (κ3) is 2.79. The highest BCUT2D eigenvalue weighted by Gasteiger charge is 2.20. The smallest absolute Gasteiger partial charge is 0.0918 e. The molecule has 4 nitrogen and oxygen atoms in total. The Balaban J connectivity index is 2.15. The second kappa shape index (κ2) is 4.42. The minimum atomic E-state index is 0.252. The molecule has 0 radical (unpaired) electrons. The normalized spacial score (nSPS) is 24.6. The lowest BCUT2D eigenvalue weighted by atomic mass is 10.1. The molecule has 4 heteroatoms. The van der Waals surface area contributed by atoms with Gasteiger partial charge in [0.25, 0.3) is 0 Å². The van der Waals surface area contributed by atoms with Gasteiger partial charge in [0.1, 0.15) is 0 Å². The van der Waals surface area contributed by atoms with E-state index in [0.29, 0.717) is 12.3 Å². The van der Waals surface area contributed by atoms with Gasteiger partial charge in [-0.1, -0.05) is 0 Å². The van der Waals surface area contributed by atoms with Crippen molar-refractivity contribution in [1.82, 2.24) is 4.90 Å². The van der Waals surface area contributed by atoms with Gasteiger partial charge >= 0.3 is 0 Å². The van der Waals surface area contributed by atoms with E-state index in [1.54, 1.807) is 0 Å². The van der Waals surface area contributed by atoms with E-state index in [2.05, 4.69) is 4.90 Å². The van der Waals surface area contributed by atoms with Crippen molar-refractivity contribution in [1.29, 1.82) is 5.41 Å². The second-order valence-electron chi connectivity index (χ2n) is 3.41. The molecule has 0 aromatic heterocycles. The van der Waals surface area contributed by atoms with Crippen molar-refractivity contribution in [3.05, 3.63) is 0 Å². The molecule has 4 N–H and O–H groups in total. The summed E-state index contributed by atoms with van der Waals surface area (Å²) in [5.41, 5.74) is 5.24. The number of aliphatic hydroxyl groups is 1. The molecule has 1 fully saturated rings. The van der Waals surface area contributed by atoms with Gasteiger partial charge in [-0.3, -0.25) is 5.41 Å². The van der Waals surface area contributed by atoms with Crippen LogP contribution in [0.1, 0.15) is 12.8 Å². The van der Waals surface area contributed by atoms with Crippen LogP contribution in [0.2, 0.25) is 0 Å². The van der Waals surface area contributed by atoms with E-state index >= 15 is 0 Å². The predicted octanol–water partition coefficient (Wildman–Crippen LogP) is -0.373. The molecule has 0 aromatic rings. The van der Waals surface area contributed by atoms with Gasteiger partial charge in [0, 0.05) is 26.1 Å². The summed E-state index contributed by atoms with van der Waals surface area (Å²) in [7, 11) is 0. The van der Waals surface area contributed by atoms with Crippen molar-refractivity contribution in [2.45, 2.75) is 12.8 Å². The fraction of sp³-hybridized carbons (Fsp3) is 0.875. The Bertz CT molecular complexity index is 160. The zero-order valence-corrected chi connectivity index (χ0v) is 7.29. The fourth-order valence-corrected chi connectivity index (χ4v) is 1.54. The summed E-state index contributed by atoms with van der Waals surface area (Å²) >= 11 is 0. The summed E-state index contributed by atoms with van der Waals surface area (Å²) in [6, 6.07) is 0. The molecule has 0 spiro atoms. The molecule has 0 aromatic carbocycles. The summed E-state index contributed by atoms with van der Waals surface area (Å²) in [6.07, 6.45) is 1.73. The second-order valence-corrected chi connectivity index (χ2v) is 3.41. The molecule has 1 heterocycles. The number of nitrogens with two attached hydrogens (primary N) is 1. The number of likely N-dealkylation sites (tertiary alicyclic amines) is 1. The Morgan fingerprint density at radius 2 is 2.42 bits per heavy atom. The Kier molecular flexibility index (Phi) is 3.49. The quantitative estimate of drug-likeness (QED) is 0.399. The zero-order valence-electron chi connectivity index (χ0n) is 7.29. The number of rotatable bonds is 4. The SMILES string of the molecule is N=C(N)CCN1CCC(CO)C1. The number of nitrogens with zero attached hydrogens (tertiary/aromatic N) is 1. The predicted molar refractivity (Wildman–Crippen MR) is 48.2 cm³/mol. The molecule has 0 aliphatic carbocycles. The van der Waals surface area contributed by atoms with Crippen LogP contribution in [0.25, 0.3) is 0 Å². The van der Waals surface area contributed by atoms with Crippen LogP contribution in [0.3, 0.4) is 0 Å². The third-order valence-electron chi connectivity index (χ3n) is 2.33. The van der Waals surface area contributed by atoms with Crippen LogP contribution in [-0.4, -0.2) is 42.1 Å². The number of hydrogen-bond acceptors (Lipinski definition) is 3. The van der Waals surface area contributed by atoms with Crippen LogP contribution < -0.4 is 5.73 Å². The molecule has 1 saturated heterocycles. The maximum absolute atomic E-state index is 8.87. The van der Waals surface area contributed by atoms with Crippen LogP contribution in [0, 0.1) is 11.3 Å². The maximum atomic E-state index is 8.87. The Morgan fingerprint density at radius 3 is 2.92 bits per heavy atom. The first-order valence-corrected chi connectivity index (χ1v) is 4.38. The standard InChI is InChI=1S/C8H17N3O/c9-8(10)2-4-11-3-1-7(5-11)6-12/h7,12H,1-6H2,(H3,9,10). The van der Waals surface area contributed by atoms with Gasteiger partial charge in [-0.15, -0.1) is 0 Å². The largest absolute Gasteiger partial charge is 0.396 e. The summed E-state index contributed by atoms with van der Waals surface area (Å²) in [5.74, 6) is 0.694. The minimum absolute atomic E-state index is 0.252. The van der Waals surface area contributed by atoms with E-state index in [9.17, 15) is 0 Å². The topological polar surface area (TPSA) is 73.3 Å². The molecule has 1 aliphatic rings. The van der Waals surface area contributed by atoms with Gasteiger partial charge in [-0.05, 0) is 18.9 Å². The first kappa shape index (κ1) is 9.48. The van der Waals surface area contributed by atoms with Gasteiger partial charge in [0.15, 0.2) is 0 Å². The lowest BCUT2D eigenvalue weighted by Gasteiger charge is -2.14. The number of aliphatic hydroxyl groups excluding tert-OH is 1. The fourth-order valence-electron chi connectivity index (χ4n) is 1.54. The molecule has 0 saturated carbocycles. The number of hydrogen-bond donors (Lipinski definition) is 3. The first-order valence-electron chi connectivity index (χ1n) is 4.38. The molecule has 1 unspecified atom stereocenters. The van der Waals surface area contributed by atoms with Crippen molar-refractivity contribution in [2.75, 3.05) is 26.2 Å². The molecule has 1 aliphatic heterocycles. The lowest BCUT2D eigenvalue weighted by Crippen LogP contribution is -2.26. The minimum Gasteiger partial charge on any atom is -0.396 e. The van der Waals surface area contributed by atoms with Crippen LogP contribution >= 0.6 is 0 Å². The van der Waals surface area contributed by atoms with Gasteiger partial charge < -0.3 is 15.7 Å². The number of amidine groups is 1. The Labute approximate surface area is 72.9 Å². The maximum Gasteiger partial charge on any atom is 0.0918 e. The van der Waals surface area contributed by atoms with Crippen LogP contribution in [0.4, 0.5) is 0 Å². The van der Waals surface area contributed by atoms with Crippen LogP contribution in [0.15, 0.2) is 0 Å².